The van der Waals surface area contributed by atoms with Gasteiger partial charge in [-0.3, -0.25) is 29.8 Å². The topological polar surface area (TPSA) is 372 Å². The summed E-state index contributed by atoms with van der Waals surface area (Å²) < 4.78 is 131. The predicted octanol–water partition coefficient (Wildman–Crippen LogP) is 17.0. The van der Waals surface area contributed by atoms with Gasteiger partial charge in [0.2, 0.25) is 5.24 Å². The molecule has 12 N–H and O–H groups in total. The van der Waals surface area contributed by atoms with Crippen molar-refractivity contribution in [2.45, 2.75) is 249 Å². The van der Waals surface area contributed by atoms with Crippen LogP contribution in [0.2, 0.25) is 0 Å². The Morgan fingerprint density at radius 2 is 0.843 bits per heavy atom. The summed E-state index contributed by atoms with van der Waals surface area (Å²) in [5.74, 6) is 0.812. The molecule has 0 spiro atoms. The molecule has 1 saturated heterocycles. The molecule has 3 radical (unpaired) electrons. The molecule has 6 unspecified atom stereocenters. The molecule has 121 heavy (non-hydrogen) atoms. The number of amides is 2. The summed E-state index contributed by atoms with van der Waals surface area (Å²) in [5.41, 5.74) is 27.1. The van der Waals surface area contributed by atoms with Crippen molar-refractivity contribution in [3.63, 3.8) is 0 Å². The van der Waals surface area contributed by atoms with Crippen LogP contribution in [0.25, 0.3) is 0 Å². The third kappa shape index (κ3) is 47.5. The number of halogens is 8. The van der Waals surface area contributed by atoms with E-state index in [2.05, 4.69) is 66.6 Å². The number of benzene rings is 5. The quantitative estimate of drug-likeness (QED) is 0.00279. The van der Waals surface area contributed by atoms with Crippen LogP contribution in [0.15, 0.2) is 95.4 Å². The molecule has 6 fully saturated rings. The zero-order valence-corrected chi connectivity index (χ0v) is 78.6. The molecule has 5 aromatic rings. The summed E-state index contributed by atoms with van der Waals surface area (Å²) in [7, 11) is -0.0438. The van der Waals surface area contributed by atoms with Crippen LogP contribution in [0, 0.1) is 58.7 Å². The standard InChI is InChI=1S/C18H27FN2O3S.C16H25FN2OS.C16H23FN2OS.C14H19FN2O2.C12H14FNO.C5H6O3.C2H3ClO2.C2H3ClO.B.ClH.Na.H/c1-18(2,3)25(23)21-15(10-7-12-5-6-12)13-8-9-14(19)16(11-13)20-17(22)24-4;2*1-16(2,3)21(20)19-15(9-6-11-4-5-11)12-7-8-13(17)14(18)10-12;1-19-14(18)17-13-8-10(5-6-11(13)15)12(16)7-4-9-2-3-9;13-10-5-4-9(7-11(10)14)12(15)6-3-8-1-2-8;6-4-2-1-3-5(7)8-4;1-5-2(3)4;1-2(3)4;;;;/h8-9,11-12,15,21H,5-7,10H2,1-4H3,(H,20,22);7-8,10-11,15,19H,4-6,9,18H2,1-3H3;7-8,10-11H,4-6,9,18H2,1-3H3;5-6,8-9,12H,2-4,7,16H2,1H3,(H,17,18);4-5,7-8H,1-3,6,14H2;1-3H2;1H3;1H3;;1H;;/q;;;;;;;;;;+1;-1. The third-order valence-electron chi connectivity index (χ3n) is 18.9. The Kier molecular flexibility index (Phi) is 51.9. The van der Waals surface area contributed by atoms with Crippen molar-refractivity contribution >= 4 is 152 Å². The Balaban J connectivity index is 0.00000142. The summed E-state index contributed by atoms with van der Waals surface area (Å²) >= 11 is 9.24. The molecule has 2 amide bonds. The second-order valence-electron chi connectivity index (χ2n) is 32.6. The van der Waals surface area contributed by atoms with E-state index >= 15 is 0 Å². The zero-order chi connectivity index (χ0) is 88.4. The summed E-state index contributed by atoms with van der Waals surface area (Å²) in [6.45, 7) is 18.5. The molecule has 0 bridgehead atoms. The van der Waals surface area contributed by atoms with Gasteiger partial charge >= 0.3 is 59.1 Å². The van der Waals surface area contributed by atoms with Crippen LogP contribution in [0.3, 0.4) is 0 Å². The monoisotopic (exact) mass is 1820 g/mol. The zero-order valence-electron chi connectivity index (χ0n) is 72.9. The molecule has 5 saturated carbocycles. The van der Waals surface area contributed by atoms with Gasteiger partial charge in [0.05, 0.1) is 91.7 Å². The number of nitrogens with two attached hydrogens (primary N) is 4. The first-order valence-corrected chi connectivity index (χ1v) is 43.7. The number of rotatable bonds is 27. The number of Topliss-reactive ketones (excluding diaryl/α,β-unsaturated/α-hetero) is 1. The van der Waals surface area contributed by atoms with Gasteiger partial charge < -0.3 is 43.3 Å². The van der Waals surface area contributed by atoms with Gasteiger partial charge in [0.1, 0.15) is 40.1 Å². The van der Waals surface area contributed by atoms with Crippen molar-refractivity contribution in [3.05, 3.63) is 148 Å². The average molecular weight is 1830 g/mol. The van der Waals surface area contributed by atoms with Crippen LogP contribution in [0.5, 0.6) is 0 Å². The number of carbonyl (C=O) groups excluding carboxylic acids is 7. The molecule has 23 nitrogen and oxygen atoms in total. The van der Waals surface area contributed by atoms with Crippen molar-refractivity contribution in [2.75, 3.05) is 49.2 Å². The van der Waals surface area contributed by atoms with Crippen LogP contribution in [-0.2, 0) is 66.3 Å². The third-order valence-corrected chi connectivity index (χ3v) is 23.7. The molecule has 5 aliphatic carbocycles. The minimum Gasteiger partial charge on any atom is -1.00 e. The van der Waals surface area contributed by atoms with Gasteiger partial charge in [-0.2, -0.15) is 4.40 Å². The van der Waals surface area contributed by atoms with Crippen molar-refractivity contribution in [1.82, 2.24) is 9.44 Å². The molecule has 1 heterocycles. The fourth-order valence-electron chi connectivity index (χ4n) is 10.8. The van der Waals surface area contributed by atoms with Gasteiger partial charge in [0.25, 0.3) is 0 Å². The van der Waals surface area contributed by atoms with Crippen LogP contribution >= 0.6 is 35.6 Å². The van der Waals surface area contributed by atoms with E-state index in [0.29, 0.717) is 31.2 Å². The molecular weight excluding hydrogens is 1700 g/mol. The first kappa shape index (κ1) is 113. The maximum atomic E-state index is 14.0. The minimum absolute atomic E-state index is 0. The van der Waals surface area contributed by atoms with Crippen LogP contribution in [0.1, 0.15) is 269 Å². The van der Waals surface area contributed by atoms with E-state index in [4.69, 9.17) is 22.9 Å². The van der Waals surface area contributed by atoms with Crippen molar-refractivity contribution in [1.29, 1.82) is 0 Å². The molecule has 5 aromatic carbocycles. The first-order chi connectivity index (χ1) is 55.3. The number of carbonyl (C=O) groups is 7. The summed E-state index contributed by atoms with van der Waals surface area (Å²) in [6, 6.07) is 22.3. The Morgan fingerprint density at radius 1 is 0.512 bits per heavy atom. The fourth-order valence-corrected chi connectivity index (χ4v) is 13.2. The molecule has 669 valence electrons. The van der Waals surface area contributed by atoms with E-state index in [0.717, 1.165) is 115 Å². The van der Waals surface area contributed by atoms with Crippen molar-refractivity contribution in [3.8, 4) is 0 Å². The van der Waals surface area contributed by atoms with Gasteiger partial charge in [-0.15, -0.1) is 12.4 Å². The van der Waals surface area contributed by atoms with E-state index in [-0.39, 0.29) is 126 Å². The van der Waals surface area contributed by atoms with Crippen LogP contribution in [0.4, 0.5) is 64.8 Å². The van der Waals surface area contributed by atoms with E-state index < -0.39 is 89.2 Å². The van der Waals surface area contributed by atoms with Gasteiger partial charge in [-0.1, -0.05) is 88.5 Å². The second-order valence-corrected chi connectivity index (χ2v) is 39.4. The number of nitrogen functional groups attached to an aromatic ring is 3. The largest absolute Gasteiger partial charge is 1.00 e. The number of nitrogens with zero attached hydrogens (tertiary/aromatic N) is 1. The molecule has 36 heteroatoms. The van der Waals surface area contributed by atoms with E-state index in [1.54, 1.807) is 48.5 Å². The molecule has 6 atom stereocenters. The van der Waals surface area contributed by atoms with E-state index in [9.17, 15) is 68.1 Å². The predicted molar refractivity (Wildman–Crippen MR) is 474 cm³/mol. The maximum Gasteiger partial charge on any atom is 1.00 e. The summed E-state index contributed by atoms with van der Waals surface area (Å²) in [4.78, 5) is 73.2. The van der Waals surface area contributed by atoms with Gasteiger partial charge in [-0.25, -0.2) is 58.4 Å². The Bertz CT molecular complexity index is 4260. The van der Waals surface area contributed by atoms with E-state index in [1.165, 1.54) is 135 Å². The number of methoxy groups -OCH3 is 3. The Morgan fingerprint density at radius 3 is 1.19 bits per heavy atom. The van der Waals surface area contributed by atoms with Crippen molar-refractivity contribution in [2.24, 2.45) is 39.7 Å². The number of hydrogen-bond donors (Lipinski definition) is 8. The second kappa shape index (κ2) is 55.8. The number of ether oxygens (including phenoxy) is 4. The van der Waals surface area contributed by atoms with Gasteiger partial charge in [0, 0.05) is 69.9 Å². The minimum atomic E-state index is -1.32. The number of esters is 2. The van der Waals surface area contributed by atoms with Crippen LogP contribution < -0.4 is 72.6 Å². The first-order valence-electron chi connectivity index (χ1n) is 39.5. The number of anilines is 5. The summed E-state index contributed by atoms with van der Waals surface area (Å²) in [5, 5.41) is 4.36. The number of cyclic esters (lactones) is 2. The fraction of sp³-hybridized carbons (Fsp3) is 0.553. The normalized spacial score (nSPS) is 16.1. The van der Waals surface area contributed by atoms with E-state index in [1.807, 2.05) is 62.3 Å². The summed E-state index contributed by atoms with van der Waals surface area (Å²) in [6.07, 6.45) is 21.9. The maximum absolute atomic E-state index is 14.0. The smallest absolute Gasteiger partial charge is 1.00 e. The van der Waals surface area contributed by atoms with Gasteiger partial charge in [0.15, 0.2) is 5.78 Å². The molecule has 6 aliphatic rings. The van der Waals surface area contributed by atoms with Crippen LogP contribution in [-0.4, -0.2) is 103 Å². The number of ketones is 1. The number of hydrogen-bond acceptors (Lipinski definition) is 18. The molecule has 0 aromatic heterocycles. The molecule has 11 rings (SSSR count). The van der Waals surface area contributed by atoms with Crippen molar-refractivity contribution < 1.29 is 118 Å². The average Bonchev–Trinajstić information content (AvgIpc) is 1.54. The Labute approximate surface area is 759 Å². The van der Waals surface area contributed by atoms with Gasteiger partial charge in [-0.05, 0) is 257 Å². The SMILES string of the molecule is CC(=O)Cl.CC(C)(C)S(=O)N=C(CCC1CC1)c1ccc(F)c(N)c1.CC(C)(C)S(=O)NC(CCC1CC1)c1ccc(F)c(N)c1.COC(=O)Cl.COC(=O)Nc1cc(C(CCC2CC2)NS(=O)C(C)(C)C)ccc1F.COC(=O)Nc1cc(C(N)CCC2CC2)ccc1F.Cl.Nc1cc(C(=O)CCC2CC2)ccc1F.O=C1CCCC(=O)O1.[B].[H-].[Na+]. The number of nitrogens with one attached hydrogen (secondary N) is 4. The Hall–Kier alpha value is -6.43. The molecular formula is C85H122BCl3F5N9NaO14S3. The molecule has 1 aliphatic heterocycles.